The number of nitrogens with zero attached hydrogens (tertiary/aromatic N) is 5. The lowest BCUT2D eigenvalue weighted by Crippen LogP contribution is -2.59. The quantitative estimate of drug-likeness (QED) is 0.0301. The summed E-state index contributed by atoms with van der Waals surface area (Å²) in [5.41, 5.74) is 3.01. The first-order valence-electron chi connectivity index (χ1n) is 32.4. The van der Waals surface area contributed by atoms with E-state index < -0.39 is 77.9 Å². The maximum atomic E-state index is 14.8. The average molecular weight is 1260 g/mol. The Balaban J connectivity index is 0.717. The molecule has 25 nitrogen and oxygen atoms in total. The Morgan fingerprint density at radius 2 is 1.07 bits per heavy atom. The molecule has 0 radical (unpaired) electrons. The van der Waals surface area contributed by atoms with Crippen LogP contribution < -0.4 is 42.5 Å². The normalized spacial score (nSPS) is 22.4. The number of fused-ring (bicyclic) bond motifs is 2. The van der Waals surface area contributed by atoms with Crippen molar-refractivity contribution in [1.29, 1.82) is 0 Å². The van der Waals surface area contributed by atoms with Gasteiger partial charge in [0.2, 0.25) is 47.3 Å². The second-order valence-corrected chi connectivity index (χ2v) is 23.8. The number of hydrogen-bond acceptors (Lipinski definition) is 16. The Morgan fingerprint density at radius 3 is 1.59 bits per heavy atom. The average Bonchev–Trinajstić information content (AvgIpc) is 1.80. The molecule has 4 aliphatic heterocycles. The van der Waals surface area contributed by atoms with E-state index in [-0.39, 0.29) is 87.6 Å². The number of benzene rings is 3. The Hall–Kier alpha value is -7.68. The van der Waals surface area contributed by atoms with Gasteiger partial charge in [0, 0.05) is 62.7 Å². The molecule has 91 heavy (non-hydrogen) atoms. The first-order chi connectivity index (χ1) is 44.3. The molecule has 9 N–H and O–H groups in total. The predicted octanol–water partition coefficient (Wildman–Crippen LogP) is 1.75. The van der Waals surface area contributed by atoms with Gasteiger partial charge in [0.05, 0.1) is 70.0 Å². The fourth-order valence-electron chi connectivity index (χ4n) is 13.0. The number of rotatable bonds is 34. The number of nitrogens with one attached hydrogen (secondary N) is 8. The molecule has 8 amide bonds. The molecule has 4 saturated heterocycles. The molecule has 5 heterocycles. The molecule has 3 aromatic carbocycles. The van der Waals surface area contributed by atoms with E-state index in [0.29, 0.717) is 108 Å². The van der Waals surface area contributed by atoms with Crippen molar-refractivity contribution in [1.82, 2.24) is 67.3 Å². The van der Waals surface area contributed by atoms with Crippen LogP contribution in [-0.4, -0.2) is 199 Å². The van der Waals surface area contributed by atoms with E-state index >= 15 is 0 Å². The topological polar surface area (TPSA) is 318 Å². The van der Waals surface area contributed by atoms with E-state index in [1.165, 1.54) is 0 Å². The summed E-state index contributed by atoms with van der Waals surface area (Å²) < 4.78 is 18.8. The first kappa shape index (κ1) is 69.2. The molecule has 0 bridgehead atoms. The number of aromatic nitrogens is 3. The molecule has 4 fully saturated rings. The molecule has 0 unspecified atom stereocenters. The van der Waals surface area contributed by atoms with Crippen molar-refractivity contribution in [2.24, 2.45) is 11.8 Å². The van der Waals surface area contributed by atoms with Crippen LogP contribution in [0.25, 0.3) is 0 Å². The lowest BCUT2D eigenvalue weighted by molar-refractivity contribution is -0.144. The van der Waals surface area contributed by atoms with Crippen molar-refractivity contribution in [2.75, 3.05) is 73.4 Å². The Bertz CT molecular complexity index is 2950. The largest absolute Gasteiger partial charge is 0.396 e. The Kier molecular flexibility index (Phi) is 26.8. The van der Waals surface area contributed by atoms with E-state index in [1.807, 2.05) is 80.6 Å². The molecule has 1 aromatic heterocycles. The third kappa shape index (κ3) is 18.7. The van der Waals surface area contributed by atoms with Gasteiger partial charge in [-0.3, -0.25) is 38.4 Å². The van der Waals surface area contributed by atoms with Crippen molar-refractivity contribution in [3.05, 3.63) is 120 Å². The van der Waals surface area contributed by atoms with Crippen LogP contribution in [-0.2, 0) is 65.5 Å². The molecule has 11 atom stereocenters. The molecule has 0 saturated carbocycles. The highest BCUT2D eigenvalue weighted by atomic mass is 16.5. The lowest BCUT2D eigenvalue weighted by Gasteiger charge is -2.33. The van der Waals surface area contributed by atoms with Crippen molar-refractivity contribution in [2.45, 2.75) is 158 Å². The van der Waals surface area contributed by atoms with Crippen LogP contribution in [0.2, 0.25) is 0 Å². The van der Waals surface area contributed by atoms with Gasteiger partial charge in [0.15, 0.2) is 0 Å². The molecular formula is C66H93N13O12. The van der Waals surface area contributed by atoms with E-state index in [2.05, 4.69) is 52.8 Å². The van der Waals surface area contributed by atoms with Crippen molar-refractivity contribution in [3.8, 4) is 0 Å². The number of ether oxygens (including phenoxy) is 3. The van der Waals surface area contributed by atoms with Gasteiger partial charge in [-0.25, -0.2) is 4.68 Å². The molecule has 4 aliphatic rings. The summed E-state index contributed by atoms with van der Waals surface area (Å²) >= 11 is 0. The van der Waals surface area contributed by atoms with E-state index in [4.69, 9.17) is 14.2 Å². The molecule has 8 rings (SSSR count). The summed E-state index contributed by atoms with van der Waals surface area (Å²) in [4.78, 5) is 114. The van der Waals surface area contributed by atoms with Crippen molar-refractivity contribution in [3.63, 3.8) is 0 Å². The highest BCUT2D eigenvalue weighted by Crippen LogP contribution is 2.37. The smallest absolute Gasteiger partial charge is 0.247 e. The van der Waals surface area contributed by atoms with Crippen LogP contribution >= 0.6 is 0 Å². The third-order valence-corrected chi connectivity index (χ3v) is 18.1. The number of hydrogen-bond donors (Lipinski definition) is 9. The second-order valence-electron chi connectivity index (χ2n) is 23.8. The number of aliphatic hydroxyl groups is 1. The molecule has 25 heteroatoms. The number of amides is 8. The summed E-state index contributed by atoms with van der Waals surface area (Å²) in [5.74, 6) is -3.76. The zero-order valence-corrected chi connectivity index (χ0v) is 52.9. The summed E-state index contributed by atoms with van der Waals surface area (Å²) in [6, 6.07) is 21.7. The van der Waals surface area contributed by atoms with Gasteiger partial charge in [-0.1, -0.05) is 110 Å². The van der Waals surface area contributed by atoms with Crippen molar-refractivity contribution < 1.29 is 57.7 Å². The van der Waals surface area contributed by atoms with Crippen LogP contribution in [0.4, 0.5) is 0 Å². The van der Waals surface area contributed by atoms with Crippen molar-refractivity contribution >= 4 is 47.3 Å². The molecule has 494 valence electrons. The van der Waals surface area contributed by atoms with Crippen LogP contribution in [0, 0.1) is 11.8 Å². The fraction of sp³-hybridized carbons (Fsp3) is 0.576. The van der Waals surface area contributed by atoms with Gasteiger partial charge < -0.3 is 71.7 Å². The van der Waals surface area contributed by atoms with E-state index in [1.54, 1.807) is 59.0 Å². The number of aliphatic hydroxyl groups excluding tert-OH is 1. The van der Waals surface area contributed by atoms with Gasteiger partial charge in [-0.2, -0.15) is 0 Å². The number of carbonyl (C=O) groups is 8. The second kappa shape index (κ2) is 35.2. The highest BCUT2D eigenvalue weighted by Gasteiger charge is 2.50. The van der Waals surface area contributed by atoms with Crippen LogP contribution in [0.1, 0.15) is 119 Å². The highest BCUT2D eigenvalue weighted by molar-refractivity contribution is 5.97. The van der Waals surface area contributed by atoms with E-state index in [0.717, 1.165) is 11.1 Å². The SMILES string of the molecule is CC[C@H](NC)C(=O)N[C@@H]1C(=O)N2[C@@H](CC[C@@H]1CNC(=O)CCc1cn(CCOCCOCCOCCNC(=O)[C@@H](NC(=O)[C@@H]3CC[C@@H]4CC[C@H](CO)[C@H](NC(=O)[C@H](CC)NC)C(=O)N43)c3ccccc3)nn1)CC[C@H]2C(=O)NC(c1ccccc1)c1ccccc1. The number of aryl methyl sites for hydroxylation is 1. The Morgan fingerprint density at radius 1 is 0.582 bits per heavy atom. The maximum Gasteiger partial charge on any atom is 0.247 e. The number of likely N-dealkylation sites (N-methyl/N-ethyl adjacent to an activating group) is 2. The minimum atomic E-state index is -1.06. The number of carbonyl (C=O) groups excluding carboxylic acids is 8. The predicted molar refractivity (Wildman–Crippen MR) is 337 cm³/mol. The Labute approximate surface area is 533 Å². The molecule has 4 aromatic rings. The third-order valence-electron chi connectivity index (χ3n) is 18.1. The van der Waals surface area contributed by atoms with Gasteiger partial charge in [0.25, 0.3) is 0 Å². The molecule has 0 aliphatic carbocycles. The standard InChI is InChI=1S/C66H93N13O12/c1-5-51(67-3)60(82)73-58-46(22-25-49-27-29-53(78(49)65(58)87)62(84)71-56(43-16-10-7-11-17-43)44-18-12-8-13-19-44)40-70-55(81)31-24-48-41-77(76-75-48)33-35-90-37-39-91-38-36-89-34-32-69-64(86)57(45-20-14-9-15-21-45)72-63(85)54-30-28-50-26-23-47(42-80)59(66(88)79(50)54)74-61(83)52(6-2)68-4/h7-21,41,46-47,49-54,56-59,67-68,80H,5-6,22-40,42H2,1-4H3,(H,69,86)(H,70,81)(H,71,84)(H,72,85)(H,73,82)(H,74,83)/t46-,47-,49+,50+,51+,52+,53+,54+,57+,58+,59+/m1/s1. The zero-order chi connectivity index (χ0) is 64.7. The first-order valence-corrected chi connectivity index (χ1v) is 32.4. The van der Waals surface area contributed by atoms with Gasteiger partial charge >= 0.3 is 0 Å². The minimum Gasteiger partial charge on any atom is -0.396 e. The van der Waals surface area contributed by atoms with Crippen LogP contribution in [0.5, 0.6) is 0 Å². The van der Waals surface area contributed by atoms with Gasteiger partial charge in [-0.15, -0.1) is 5.10 Å². The van der Waals surface area contributed by atoms with Crippen LogP contribution in [0.15, 0.2) is 97.2 Å². The molecule has 0 spiro atoms. The minimum absolute atomic E-state index is 0.123. The summed E-state index contributed by atoms with van der Waals surface area (Å²) in [5, 5.41) is 42.6. The summed E-state index contributed by atoms with van der Waals surface area (Å²) in [6.07, 6.45) is 7.55. The lowest BCUT2D eigenvalue weighted by atomic mass is 9.92. The maximum absolute atomic E-state index is 14.8. The fourth-order valence-corrected chi connectivity index (χ4v) is 13.0. The zero-order valence-electron chi connectivity index (χ0n) is 52.9. The van der Waals surface area contributed by atoms with E-state index in [9.17, 15) is 43.5 Å². The van der Waals surface area contributed by atoms with Crippen LogP contribution in [0.3, 0.4) is 0 Å². The monoisotopic (exact) mass is 1260 g/mol. The molecular weight excluding hydrogens is 1170 g/mol. The van der Waals surface area contributed by atoms with Gasteiger partial charge in [0.1, 0.15) is 30.2 Å². The summed E-state index contributed by atoms with van der Waals surface area (Å²) in [6.45, 7) is 5.87. The van der Waals surface area contributed by atoms with Gasteiger partial charge in [-0.05, 0) is 95.0 Å². The summed E-state index contributed by atoms with van der Waals surface area (Å²) in [7, 11) is 3.36.